The molecule has 1 saturated carbocycles. The van der Waals surface area contributed by atoms with Crippen LogP contribution in [0.2, 0.25) is 0 Å². The second-order valence-corrected chi connectivity index (χ2v) is 4.53. The van der Waals surface area contributed by atoms with Crippen LogP contribution >= 0.6 is 0 Å². The first-order valence-corrected chi connectivity index (χ1v) is 5.92. The lowest BCUT2D eigenvalue weighted by Gasteiger charge is -2.26. The van der Waals surface area contributed by atoms with Crippen LogP contribution in [0.15, 0.2) is 0 Å². The van der Waals surface area contributed by atoms with E-state index < -0.39 is 0 Å². The summed E-state index contributed by atoms with van der Waals surface area (Å²) in [7, 11) is 0. The normalized spacial score (nSPS) is 27.1. The topological polar surface area (TPSA) is 50.4 Å². The molecule has 1 atom stereocenters. The van der Waals surface area contributed by atoms with E-state index in [9.17, 15) is 4.79 Å². The molecule has 4 heteroatoms. The van der Waals surface area contributed by atoms with Crippen molar-refractivity contribution in [2.45, 2.75) is 31.7 Å². The third-order valence-corrected chi connectivity index (χ3v) is 3.24. The summed E-state index contributed by atoms with van der Waals surface area (Å²) in [4.78, 5) is 11.5. The molecular weight excluding hydrogens is 192 g/mol. The van der Waals surface area contributed by atoms with Gasteiger partial charge in [0.1, 0.15) is 0 Å². The number of carbonyl (C=O) groups excluding carboxylic acids is 1. The smallest absolute Gasteiger partial charge is 0.221 e. The number of nitrogens with one attached hydrogen (secondary N) is 2. The molecule has 15 heavy (non-hydrogen) atoms. The van der Waals surface area contributed by atoms with Crippen LogP contribution in [0.5, 0.6) is 0 Å². The van der Waals surface area contributed by atoms with Crippen LogP contribution in [-0.2, 0) is 9.53 Å². The van der Waals surface area contributed by atoms with E-state index in [4.69, 9.17) is 4.74 Å². The van der Waals surface area contributed by atoms with Gasteiger partial charge in [-0.25, -0.2) is 0 Å². The Bertz CT molecular complexity index is 211. The molecule has 0 aromatic heterocycles. The van der Waals surface area contributed by atoms with Crippen molar-refractivity contribution in [3.8, 4) is 0 Å². The summed E-state index contributed by atoms with van der Waals surface area (Å²) in [5, 5.41) is 6.28. The maximum absolute atomic E-state index is 11.5. The van der Waals surface area contributed by atoms with Crippen LogP contribution in [-0.4, -0.2) is 38.3 Å². The van der Waals surface area contributed by atoms with Gasteiger partial charge in [-0.1, -0.05) is 6.42 Å². The average Bonchev–Trinajstić information content (AvgIpc) is 2.17. The Labute approximate surface area is 90.8 Å². The summed E-state index contributed by atoms with van der Waals surface area (Å²) in [6, 6.07) is 0.208. The van der Waals surface area contributed by atoms with E-state index in [0.717, 1.165) is 25.6 Å². The molecule has 86 valence electrons. The third kappa shape index (κ3) is 3.47. The highest BCUT2D eigenvalue weighted by Gasteiger charge is 2.20. The van der Waals surface area contributed by atoms with Crippen LogP contribution < -0.4 is 10.6 Å². The zero-order valence-corrected chi connectivity index (χ0v) is 9.13. The molecule has 1 heterocycles. The first-order valence-electron chi connectivity index (χ1n) is 5.92. The number of morpholine rings is 1. The van der Waals surface area contributed by atoms with Crippen LogP contribution in [0.1, 0.15) is 25.7 Å². The summed E-state index contributed by atoms with van der Waals surface area (Å²) in [6.07, 6.45) is 4.45. The van der Waals surface area contributed by atoms with Crippen molar-refractivity contribution in [3.05, 3.63) is 0 Å². The highest BCUT2D eigenvalue weighted by molar-refractivity contribution is 5.76. The average molecular weight is 212 g/mol. The molecule has 2 rings (SSSR count). The molecule has 4 nitrogen and oxygen atoms in total. The second-order valence-electron chi connectivity index (χ2n) is 4.53. The van der Waals surface area contributed by atoms with Gasteiger partial charge in [-0.15, -0.1) is 0 Å². The van der Waals surface area contributed by atoms with Crippen molar-refractivity contribution in [1.82, 2.24) is 10.6 Å². The number of hydrogen-bond donors (Lipinski definition) is 2. The minimum absolute atomic E-state index is 0.157. The van der Waals surface area contributed by atoms with Gasteiger partial charge in [0.15, 0.2) is 0 Å². The molecule has 0 spiro atoms. The summed E-state index contributed by atoms with van der Waals surface area (Å²) >= 11 is 0. The van der Waals surface area contributed by atoms with Gasteiger partial charge in [0.25, 0.3) is 0 Å². The third-order valence-electron chi connectivity index (χ3n) is 3.24. The predicted octanol–water partition coefficient (Wildman–Crippen LogP) is 0.281. The minimum atomic E-state index is 0.157. The number of amides is 1. The predicted molar refractivity (Wildman–Crippen MR) is 57.6 cm³/mol. The minimum Gasteiger partial charge on any atom is -0.378 e. The number of rotatable bonds is 4. The molecular formula is C11H20N2O2. The van der Waals surface area contributed by atoms with Gasteiger partial charge in [-0.05, 0) is 18.8 Å². The lowest BCUT2D eigenvalue weighted by Crippen LogP contribution is -2.45. The Kier molecular flexibility index (Phi) is 3.97. The molecule has 1 amide bonds. The van der Waals surface area contributed by atoms with Crippen LogP contribution in [0, 0.1) is 5.92 Å². The standard InChI is InChI=1S/C11H20N2O2/c14-11(13-7-9-2-1-3-9)6-10-8-15-5-4-12-10/h9-10,12H,1-8H2,(H,13,14). The van der Waals surface area contributed by atoms with Gasteiger partial charge in [0, 0.05) is 25.6 Å². The van der Waals surface area contributed by atoms with Crippen molar-refractivity contribution in [2.24, 2.45) is 5.92 Å². The molecule has 1 unspecified atom stereocenters. The monoisotopic (exact) mass is 212 g/mol. The molecule has 2 aliphatic rings. The fraction of sp³-hybridized carbons (Fsp3) is 0.909. The maximum atomic E-state index is 11.5. The van der Waals surface area contributed by atoms with Crippen molar-refractivity contribution in [1.29, 1.82) is 0 Å². The van der Waals surface area contributed by atoms with Gasteiger partial charge in [-0.3, -0.25) is 4.79 Å². The second kappa shape index (κ2) is 5.47. The first kappa shape index (κ1) is 10.9. The van der Waals surface area contributed by atoms with Gasteiger partial charge >= 0.3 is 0 Å². The van der Waals surface area contributed by atoms with E-state index in [1.54, 1.807) is 0 Å². The van der Waals surface area contributed by atoms with E-state index in [-0.39, 0.29) is 11.9 Å². The fourth-order valence-electron chi connectivity index (χ4n) is 2.00. The number of hydrogen-bond acceptors (Lipinski definition) is 3. The number of ether oxygens (including phenoxy) is 1. The van der Waals surface area contributed by atoms with Crippen molar-refractivity contribution in [2.75, 3.05) is 26.3 Å². The van der Waals surface area contributed by atoms with Crippen molar-refractivity contribution >= 4 is 5.91 Å². The van der Waals surface area contributed by atoms with Crippen LogP contribution in [0.3, 0.4) is 0 Å². The summed E-state index contributed by atoms with van der Waals surface area (Å²) < 4.78 is 5.30. The fourth-order valence-corrected chi connectivity index (χ4v) is 2.00. The molecule has 2 N–H and O–H groups in total. The van der Waals surface area contributed by atoms with E-state index in [0.29, 0.717) is 13.0 Å². The van der Waals surface area contributed by atoms with Crippen molar-refractivity contribution < 1.29 is 9.53 Å². The highest BCUT2D eigenvalue weighted by Crippen LogP contribution is 2.25. The molecule has 1 aliphatic heterocycles. The van der Waals surface area contributed by atoms with E-state index in [1.165, 1.54) is 19.3 Å². The molecule has 2 fully saturated rings. The van der Waals surface area contributed by atoms with Crippen LogP contribution in [0.4, 0.5) is 0 Å². The zero-order chi connectivity index (χ0) is 10.5. The Morgan fingerprint density at radius 1 is 1.47 bits per heavy atom. The molecule has 0 aromatic carbocycles. The quantitative estimate of drug-likeness (QED) is 0.704. The Hall–Kier alpha value is -0.610. The van der Waals surface area contributed by atoms with E-state index in [2.05, 4.69) is 10.6 Å². The SMILES string of the molecule is O=C(CC1COCCN1)NCC1CCC1. The summed E-state index contributed by atoms with van der Waals surface area (Å²) in [6.45, 7) is 3.16. The molecule has 1 aliphatic carbocycles. The van der Waals surface area contributed by atoms with E-state index in [1.807, 2.05) is 0 Å². The highest BCUT2D eigenvalue weighted by atomic mass is 16.5. The number of carbonyl (C=O) groups is 1. The van der Waals surface area contributed by atoms with Gasteiger partial charge in [-0.2, -0.15) is 0 Å². The van der Waals surface area contributed by atoms with Crippen LogP contribution in [0.25, 0.3) is 0 Å². The molecule has 0 radical (unpaired) electrons. The largest absolute Gasteiger partial charge is 0.378 e. The summed E-state index contributed by atoms with van der Waals surface area (Å²) in [5.41, 5.74) is 0. The molecule has 0 bridgehead atoms. The first-order chi connectivity index (χ1) is 7.34. The summed E-state index contributed by atoms with van der Waals surface area (Å²) in [5.74, 6) is 0.898. The van der Waals surface area contributed by atoms with Gasteiger partial charge < -0.3 is 15.4 Å². The Balaban J connectivity index is 1.58. The Morgan fingerprint density at radius 3 is 2.93 bits per heavy atom. The lowest BCUT2D eigenvalue weighted by atomic mass is 9.85. The van der Waals surface area contributed by atoms with E-state index >= 15 is 0 Å². The zero-order valence-electron chi connectivity index (χ0n) is 9.13. The van der Waals surface area contributed by atoms with Crippen molar-refractivity contribution in [3.63, 3.8) is 0 Å². The lowest BCUT2D eigenvalue weighted by molar-refractivity contribution is -0.122. The molecule has 1 saturated heterocycles. The maximum Gasteiger partial charge on any atom is 0.221 e. The van der Waals surface area contributed by atoms with Gasteiger partial charge in [0.05, 0.1) is 13.2 Å². The molecule has 0 aromatic rings. The van der Waals surface area contributed by atoms with Gasteiger partial charge in [0.2, 0.25) is 5.91 Å². The Morgan fingerprint density at radius 2 is 2.33 bits per heavy atom.